The van der Waals surface area contributed by atoms with Gasteiger partial charge in [-0.3, -0.25) is 14.4 Å². The van der Waals surface area contributed by atoms with Gasteiger partial charge in [0.25, 0.3) is 0 Å². The van der Waals surface area contributed by atoms with Crippen molar-refractivity contribution < 1.29 is 19.1 Å². The maximum atomic E-state index is 12.8. The fourth-order valence-electron chi connectivity index (χ4n) is 3.51. The smallest absolute Gasteiger partial charge is 0.231 e. The summed E-state index contributed by atoms with van der Waals surface area (Å²) in [6, 6.07) is 16.5. The molecule has 7 nitrogen and oxygen atoms in total. The van der Waals surface area contributed by atoms with E-state index >= 15 is 0 Å². The molecular formula is C23H21N3O4S. The molecule has 0 bridgehead atoms. The van der Waals surface area contributed by atoms with Gasteiger partial charge in [0, 0.05) is 31.1 Å². The number of anilines is 2. The zero-order valence-corrected chi connectivity index (χ0v) is 17.9. The van der Waals surface area contributed by atoms with Crippen LogP contribution in [0.3, 0.4) is 0 Å². The summed E-state index contributed by atoms with van der Waals surface area (Å²) in [4.78, 5) is 44.0. The fraction of sp³-hybridized carbons (Fsp3) is 0.217. The first kappa shape index (κ1) is 20.7. The highest BCUT2D eigenvalue weighted by Gasteiger charge is 2.35. The quantitative estimate of drug-likeness (QED) is 0.591. The summed E-state index contributed by atoms with van der Waals surface area (Å²) in [5.41, 5.74) is 2.09. The van der Waals surface area contributed by atoms with Gasteiger partial charge in [0.15, 0.2) is 10.9 Å². The first-order valence-electron chi connectivity index (χ1n) is 9.78. The molecule has 1 N–H and O–H groups in total. The van der Waals surface area contributed by atoms with Crippen molar-refractivity contribution in [3.05, 3.63) is 59.5 Å². The van der Waals surface area contributed by atoms with E-state index in [0.29, 0.717) is 21.5 Å². The van der Waals surface area contributed by atoms with Gasteiger partial charge in [0.2, 0.25) is 11.8 Å². The van der Waals surface area contributed by atoms with Gasteiger partial charge in [-0.05, 0) is 24.3 Å². The average molecular weight is 436 g/mol. The molecule has 1 aliphatic rings. The molecule has 1 atom stereocenters. The zero-order chi connectivity index (χ0) is 22.0. The zero-order valence-electron chi connectivity index (χ0n) is 17.1. The molecule has 31 heavy (non-hydrogen) atoms. The third-order valence-corrected chi connectivity index (χ3v) is 6.18. The number of ether oxygens (including phenoxy) is 1. The standard InChI is InChI=1S/C23H21N3O4S/c1-14(27)21-20(15-6-4-3-5-7-15)24-23(31-21)25-22(29)16-12-19(28)26(13-16)17-8-10-18(30-2)11-9-17/h3-11,16H,12-13H2,1-2H3,(H,24,25,29). The number of rotatable bonds is 6. The topological polar surface area (TPSA) is 88.6 Å². The Labute approximate surface area is 183 Å². The minimum Gasteiger partial charge on any atom is -0.497 e. The van der Waals surface area contributed by atoms with E-state index in [0.717, 1.165) is 22.6 Å². The van der Waals surface area contributed by atoms with Crippen molar-refractivity contribution in [3.8, 4) is 17.0 Å². The Morgan fingerprint density at radius 1 is 1.13 bits per heavy atom. The third kappa shape index (κ3) is 4.34. The van der Waals surface area contributed by atoms with Crippen molar-refractivity contribution in [2.45, 2.75) is 13.3 Å². The molecule has 0 radical (unpaired) electrons. The number of methoxy groups -OCH3 is 1. The number of nitrogens with one attached hydrogen (secondary N) is 1. The number of hydrogen-bond donors (Lipinski definition) is 1. The van der Waals surface area contributed by atoms with E-state index in [-0.39, 0.29) is 30.6 Å². The average Bonchev–Trinajstić information content (AvgIpc) is 3.38. The molecule has 1 aliphatic heterocycles. The number of hydrogen-bond acceptors (Lipinski definition) is 6. The van der Waals surface area contributed by atoms with Crippen molar-refractivity contribution in [1.29, 1.82) is 0 Å². The Kier molecular flexibility index (Phi) is 5.81. The van der Waals surface area contributed by atoms with Gasteiger partial charge < -0.3 is 15.0 Å². The lowest BCUT2D eigenvalue weighted by molar-refractivity contribution is -0.122. The Morgan fingerprint density at radius 3 is 2.48 bits per heavy atom. The molecule has 2 aromatic carbocycles. The summed E-state index contributed by atoms with van der Waals surface area (Å²) >= 11 is 1.15. The Bertz CT molecular complexity index is 1130. The van der Waals surface area contributed by atoms with Gasteiger partial charge in [0.1, 0.15) is 5.75 Å². The number of benzene rings is 2. The molecule has 1 saturated heterocycles. The molecule has 0 saturated carbocycles. The van der Waals surface area contributed by atoms with Gasteiger partial charge in [0.05, 0.1) is 23.6 Å². The third-order valence-electron chi connectivity index (χ3n) is 5.10. The molecule has 0 spiro atoms. The van der Waals surface area contributed by atoms with Crippen LogP contribution in [-0.4, -0.2) is 36.2 Å². The van der Waals surface area contributed by atoms with Crippen LogP contribution < -0.4 is 15.0 Å². The predicted molar refractivity (Wildman–Crippen MR) is 120 cm³/mol. The summed E-state index contributed by atoms with van der Waals surface area (Å²) in [5.74, 6) is -0.311. The van der Waals surface area contributed by atoms with Crippen molar-refractivity contribution in [2.24, 2.45) is 5.92 Å². The highest BCUT2D eigenvalue weighted by Crippen LogP contribution is 2.33. The van der Waals surface area contributed by atoms with E-state index in [2.05, 4.69) is 10.3 Å². The first-order valence-corrected chi connectivity index (χ1v) is 10.6. The summed E-state index contributed by atoms with van der Waals surface area (Å²) in [7, 11) is 1.58. The molecule has 3 aromatic rings. The molecule has 2 amide bonds. The number of Topliss-reactive ketones (excluding diaryl/α,β-unsaturated/α-hetero) is 1. The van der Waals surface area contributed by atoms with Crippen LogP contribution in [0.2, 0.25) is 0 Å². The molecule has 2 heterocycles. The van der Waals surface area contributed by atoms with E-state index in [9.17, 15) is 14.4 Å². The van der Waals surface area contributed by atoms with Gasteiger partial charge in [-0.15, -0.1) is 0 Å². The number of thiazole rings is 1. The number of carbonyl (C=O) groups excluding carboxylic acids is 3. The summed E-state index contributed by atoms with van der Waals surface area (Å²) in [5, 5.41) is 3.15. The Morgan fingerprint density at radius 2 is 1.84 bits per heavy atom. The largest absolute Gasteiger partial charge is 0.497 e. The van der Waals surface area contributed by atoms with Gasteiger partial charge in [-0.2, -0.15) is 0 Å². The second kappa shape index (κ2) is 8.69. The summed E-state index contributed by atoms with van der Waals surface area (Å²) in [6.45, 7) is 1.77. The Balaban J connectivity index is 1.49. The van der Waals surface area contributed by atoms with Crippen LogP contribution >= 0.6 is 11.3 Å². The van der Waals surface area contributed by atoms with Crippen molar-refractivity contribution in [3.63, 3.8) is 0 Å². The number of ketones is 1. The minimum atomic E-state index is -0.501. The predicted octanol–water partition coefficient (Wildman–Crippen LogP) is 4.01. The maximum absolute atomic E-state index is 12.8. The van der Waals surface area contributed by atoms with Crippen molar-refractivity contribution in [1.82, 2.24) is 4.98 Å². The second-order valence-electron chi connectivity index (χ2n) is 7.21. The fourth-order valence-corrected chi connectivity index (χ4v) is 4.39. The molecule has 0 aliphatic carbocycles. The van der Waals surface area contributed by atoms with Crippen LogP contribution in [0, 0.1) is 5.92 Å². The lowest BCUT2D eigenvalue weighted by Gasteiger charge is -2.16. The molecular weight excluding hydrogens is 414 g/mol. The molecule has 8 heteroatoms. The van der Waals surface area contributed by atoms with E-state index < -0.39 is 5.92 Å². The minimum absolute atomic E-state index is 0.112. The summed E-state index contributed by atoms with van der Waals surface area (Å²) in [6.07, 6.45) is 0.119. The van der Waals surface area contributed by atoms with E-state index in [1.807, 2.05) is 30.3 Å². The number of amides is 2. The van der Waals surface area contributed by atoms with Crippen LogP contribution in [0.15, 0.2) is 54.6 Å². The van der Waals surface area contributed by atoms with Crippen LogP contribution in [0.25, 0.3) is 11.3 Å². The Hall–Kier alpha value is -3.52. The normalized spacial score (nSPS) is 15.7. The SMILES string of the molecule is COc1ccc(N2CC(C(=O)Nc3nc(-c4ccccc4)c(C(C)=O)s3)CC2=O)cc1. The van der Waals surface area contributed by atoms with E-state index in [1.54, 1.807) is 36.3 Å². The molecule has 158 valence electrons. The lowest BCUT2D eigenvalue weighted by Crippen LogP contribution is -2.28. The van der Waals surface area contributed by atoms with Gasteiger partial charge in [-0.1, -0.05) is 41.7 Å². The molecule has 1 aromatic heterocycles. The van der Waals surface area contributed by atoms with Crippen LogP contribution in [0.4, 0.5) is 10.8 Å². The molecule has 4 rings (SSSR count). The number of nitrogens with zero attached hydrogens (tertiary/aromatic N) is 2. The lowest BCUT2D eigenvalue weighted by atomic mass is 10.1. The summed E-state index contributed by atoms with van der Waals surface area (Å²) < 4.78 is 5.15. The maximum Gasteiger partial charge on any atom is 0.231 e. The van der Waals surface area contributed by atoms with Gasteiger partial charge >= 0.3 is 0 Å². The van der Waals surface area contributed by atoms with Crippen LogP contribution in [0.5, 0.6) is 5.75 Å². The van der Waals surface area contributed by atoms with Crippen molar-refractivity contribution >= 4 is 39.8 Å². The molecule has 1 fully saturated rings. The second-order valence-corrected chi connectivity index (χ2v) is 8.21. The van der Waals surface area contributed by atoms with E-state index in [4.69, 9.17) is 4.74 Å². The highest BCUT2D eigenvalue weighted by atomic mass is 32.1. The number of carbonyl (C=O) groups is 3. The van der Waals surface area contributed by atoms with Crippen molar-refractivity contribution in [2.75, 3.05) is 23.9 Å². The first-order chi connectivity index (χ1) is 15.0. The highest BCUT2D eigenvalue weighted by molar-refractivity contribution is 7.18. The van der Waals surface area contributed by atoms with Crippen LogP contribution in [-0.2, 0) is 9.59 Å². The molecule has 1 unspecified atom stereocenters. The van der Waals surface area contributed by atoms with Gasteiger partial charge in [-0.25, -0.2) is 4.98 Å². The number of aromatic nitrogens is 1. The monoisotopic (exact) mass is 435 g/mol. The van der Waals surface area contributed by atoms with E-state index in [1.165, 1.54) is 6.92 Å². The van der Waals surface area contributed by atoms with Crippen LogP contribution in [0.1, 0.15) is 23.0 Å².